The number of carbonyl (C=O) groups is 1. The Bertz CT molecular complexity index is 789. The first-order valence-electron chi connectivity index (χ1n) is 9.77. The van der Waals surface area contributed by atoms with E-state index in [4.69, 9.17) is 4.74 Å². The normalized spacial score (nSPS) is 18.0. The van der Waals surface area contributed by atoms with Gasteiger partial charge in [-0.05, 0) is 43.5 Å². The van der Waals surface area contributed by atoms with Gasteiger partial charge < -0.3 is 14.5 Å². The van der Waals surface area contributed by atoms with Crippen molar-refractivity contribution in [3.8, 4) is 17.0 Å². The molecule has 1 amide bonds. The van der Waals surface area contributed by atoms with Crippen LogP contribution in [0.4, 0.5) is 5.82 Å². The summed E-state index contributed by atoms with van der Waals surface area (Å²) in [5.74, 6) is 2.28. The maximum atomic E-state index is 12.5. The topological polar surface area (TPSA) is 58.6 Å². The van der Waals surface area contributed by atoms with Gasteiger partial charge in [0.2, 0.25) is 5.91 Å². The minimum atomic E-state index is 0.275. The molecule has 1 aliphatic carbocycles. The SMILES string of the molecule is COc1ccccc1-c1ccc(N2CCCN(C(=O)C3CCC3)CC2)nn1. The molecule has 0 bridgehead atoms. The Hall–Kier alpha value is -2.63. The van der Waals surface area contributed by atoms with Crippen LogP contribution < -0.4 is 9.64 Å². The Labute approximate surface area is 160 Å². The molecule has 0 N–H and O–H groups in total. The molecule has 142 valence electrons. The second kappa shape index (κ2) is 7.94. The summed E-state index contributed by atoms with van der Waals surface area (Å²) in [5, 5.41) is 8.86. The van der Waals surface area contributed by atoms with Crippen molar-refractivity contribution in [2.75, 3.05) is 38.2 Å². The second-order valence-electron chi connectivity index (χ2n) is 7.27. The number of ether oxygens (including phenoxy) is 1. The number of anilines is 1. The zero-order valence-corrected chi connectivity index (χ0v) is 15.8. The van der Waals surface area contributed by atoms with Gasteiger partial charge in [-0.25, -0.2) is 0 Å². The van der Waals surface area contributed by atoms with E-state index < -0.39 is 0 Å². The standard InChI is InChI=1S/C21H26N4O2/c1-27-19-9-3-2-8-17(19)18-10-11-20(23-22-18)24-12-5-13-25(15-14-24)21(26)16-6-4-7-16/h2-3,8-11,16H,4-7,12-15H2,1H3. The highest BCUT2D eigenvalue weighted by Crippen LogP contribution is 2.30. The van der Waals surface area contributed by atoms with Crippen molar-refractivity contribution in [2.24, 2.45) is 5.92 Å². The van der Waals surface area contributed by atoms with Crippen molar-refractivity contribution < 1.29 is 9.53 Å². The minimum Gasteiger partial charge on any atom is -0.496 e. The number of benzene rings is 1. The van der Waals surface area contributed by atoms with Crippen molar-refractivity contribution in [3.05, 3.63) is 36.4 Å². The van der Waals surface area contributed by atoms with Crippen LogP contribution in [0.25, 0.3) is 11.3 Å². The molecule has 6 nitrogen and oxygen atoms in total. The third-order valence-electron chi connectivity index (χ3n) is 5.62. The molecule has 2 aliphatic rings. The number of aromatic nitrogens is 2. The van der Waals surface area contributed by atoms with Gasteiger partial charge in [0.1, 0.15) is 5.75 Å². The zero-order valence-electron chi connectivity index (χ0n) is 15.8. The maximum Gasteiger partial charge on any atom is 0.225 e. The minimum absolute atomic E-state index is 0.275. The lowest BCUT2D eigenvalue weighted by atomic mass is 9.84. The van der Waals surface area contributed by atoms with Gasteiger partial charge in [-0.2, -0.15) is 0 Å². The molecule has 0 radical (unpaired) electrons. The molecule has 0 unspecified atom stereocenters. The van der Waals surface area contributed by atoms with E-state index in [1.54, 1.807) is 7.11 Å². The number of rotatable bonds is 4. The van der Waals surface area contributed by atoms with Crippen LogP contribution in [0.3, 0.4) is 0 Å². The Balaban J connectivity index is 1.44. The Morgan fingerprint density at radius 1 is 1.00 bits per heavy atom. The van der Waals surface area contributed by atoms with Crippen LogP contribution in [-0.4, -0.2) is 54.3 Å². The summed E-state index contributed by atoms with van der Waals surface area (Å²) < 4.78 is 5.41. The van der Waals surface area contributed by atoms with Gasteiger partial charge in [-0.1, -0.05) is 18.6 Å². The van der Waals surface area contributed by atoms with Gasteiger partial charge in [-0.3, -0.25) is 4.79 Å². The number of hydrogen-bond donors (Lipinski definition) is 0. The van der Waals surface area contributed by atoms with E-state index in [1.165, 1.54) is 6.42 Å². The fraction of sp³-hybridized carbons (Fsp3) is 0.476. The van der Waals surface area contributed by atoms with Gasteiger partial charge in [0.15, 0.2) is 5.82 Å². The average molecular weight is 366 g/mol. The Morgan fingerprint density at radius 2 is 1.85 bits per heavy atom. The van der Waals surface area contributed by atoms with E-state index in [2.05, 4.69) is 15.1 Å². The van der Waals surface area contributed by atoms with Crippen molar-refractivity contribution >= 4 is 11.7 Å². The van der Waals surface area contributed by atoms with E-state index in [0.29, 0.717) is 5.91 Å². The van der Waals surface area contributed by atoms with E-state index in [9.17, 15) is 4.79 Å². The van der Waals surface area contributed by atoms with Crippen LogP contribution in [-0.2, 0) is 4.79 Å². The van der Waals surface area contributed by atoms with Crippen LogP contribution in [0.15, 0.2) is 36.4 Å². The highest BCUT2D eigenvalue weighted by molar-refractivity contribution is 5.79. The van der Waals surface area contributed by atoms with Gasteiger partial charge in [0.25, 0.3) is 0 Å². The third-order valence-corrected chi connectivity index (χ3v) is 5.62. The molecule has 4 rings (SSSR count). The summed E-state index contributed by atoms with van der Waals surface area (Å²) in [6, 6.07) is 11.8. The Kier molecular flexibility index (Phi) is 5.23. The van der Waals surface area contributed by atoms with Gasteiger partial charge in [0.05, 0.1) is 12.8 Å². The summed E-state index contributed by atoms with van der Waals surface area (Å²) in [6.07, 6.45) is 4.29. The van der Waals surface area contributed by atoms with E-state index in [1.807, 2.05) is 41.3 Å². The van der Waals surface area contributed by atoms with E-state index >= 15 is 0 Å². The summed E-state index contributed by atoms with van der Waals surface area (Å²) in [5.41, 5.74) is 1.74. The van der Waals surface area contributed by atoms with Crippen LogP contribution in [0.5, 0.6) is 5.75 Å². The van der Waals surface area contributed by atoms with Crippen molar-refractivity contribution in [2.45, 2.75) is 25.7 Å². The molecule has 2 aromatic rings. The zero-order chi connectivity index (χ0) is 18.6. The van der Waals surface area contributed by atoms with E-state index in [-0.39, 0.29) is 5.92 Å². The van der Waals surface area contributed by atoms with Crippen LogP contribution >= 0.6 is 0 Å². The fourth-order valence-corrected chi connectivity index (χ4v) is 3.77. The van der Waals surface area contributed by atoms with Gasteiger partial charge in [0, 0.05) is 37.7 Å². The fourth-order valence-electron chi connectivity index (χ4n) is 3.77. The number of hydrogen-bond acceptors (Lipinski definition) is 5. The smallest absolute Gasteiger partial charge is 0.225 e. The number of methoxy groups -OCH3 is 1. The number of nitrogens with zero attached hydrogens (tertiary/aromatic N) is 4. The molecule has 0 spiro atoms. The molecular weight excluding hydrogens is 340 g/mol. The quantitative estimate of drug-likeness (QED) is 0.833. The lowest BCUT2D eigenvalue weighted by molar-refractivity contribution is -0.137. The summed E-state index contributed by atoms with van der Waals surface area (Å²) >= 11 is 0. The molecule has 1 saturated heterocycles. The number of amides is 1. The second-order valence-corrected chi connectivity index (χ2v) is 7.27. The first-order chi connectivity index (χ1) is 13.3. The monoisotopic (exact) mass is 366 g/mol. The highest BCUT2D eigenvalue weighted by atomic mass is 16.5. The molecule has 27 heavy (non-hydrogen) atoms. The van der Waals surface area contributed by atoms with Crippen LogP contribution in [0.1, 0.15) is 25.7 Å². The number of para-hydroxylation sites is 1. The first kappa shape index (κ1) is 17.8. The van der Waals surface area contributed by atoms with Crippen LogP contribution in [0, 0.1) is 5.92 Å². The van der Waals surface area contributed by atoms with Gasteiger partial charge >= 0.3 is 0 Å². The molecule has 0 atom stereocenters. The van der Waals surface area contributed by atoms with E-state index in [0.717, 1.165) is 68.3 Å². The first-order valence-corrected chi connectivity index (χ1v) is 9.77. The summed E-state index contributed by atoms with van der Waals surface area (Å²) in [4.78, 5) is 16.8. The van der Waals surface area contributed by atoms with Crippen LogP contribution in [0.2, 0.25) is 0 Å². The summed E-state index contributed by atoms with van der Waals surface area (Å²) in [7, 11) is 1.66. The molecule has 1 aromatic heterocycles. The lowest BCUT2D eigenvalue weighted by Gasteiger charge is -2.31. The van der Waals surface area contributed by atoms with Crippen molar-refractivity contribution in [1.82, 2.24) is 15.1 Å². The predicted octanol–water partition coefficient (Wildman–Crippen LogP) is 2.99. The lowest BCUT2D eigenvalue weighted by Crippen LogP contribution is -2.41. The predicted molar refractivity (Wildman–Crippen MR) is 105 cm³/mol. The van der Waals surface area contributed by atoms with Crippen molar-refractivity contribution in [1.29, 1.82) is 0 Å². The summed E-state index contributed by atoms with van der Waals surface area (Å²) in [6.45, 7) is 3.32. The van der Waals surface area contributed by atoms with Gasteiger partial charge in [-0.15, -0.1) is 10.2 Å². The molecule has 1 saturated carbocycles. The molecule has 2 fully saturated rings. The van der Waals surface area contributed by atoms with Crippen molar-refractivity contribution in [3.63, 3.8) is 0 Å². The average Bonchev–Trinajstić information content (AvgIpc) is 2.93. The molecular formula is C21H26N4O2. The largest absolute Gasteiger partial charge is 0.496 e. The molecule has 2 heterocycles. The molecule has 6 heteroatoms. The maximum absolute atomic E-state index is 12.5. The highest BCUT2D eigenvalue weighted by Gasteiger charge is 2.30. The molecule has 1 aromatic carbocycles. The third kappa shape index (κ3) is 3.75. The number of carbonyl (C=O) groups excluding carboxylic acids is 1. The molecule has 1 aliphatic heterocycles. The Morgan fingerprint density at radius 3 is 2.56 bits per heavy atom.